The van der Waals surface area contributed by atoms with Crippen LogP contribution in [0.5, 0.6) is 23.0 Å². The topological polar surface area (TPSA) is 119 Å². The van der Waals surface area contributed by atoms with E-state index in [9.17, 15) is 24.4 Å². The molecule has 0 amide bonds. The largest absolute Gasteiger partial charge is 0.587 e. The average molecular weight is 504 g/mol. The number of hydrogen-bond donors (Lipinski definition) is 2. The van der Waals surface area contributed by atoms with Crippen molar-refractivity contribution in [2.24, 2.45) is 0 Å². The Bertz CT molecular complexity index is 1340. The molecule has 0 aliphatic rings. The number of phosphoric acid groups is 1. The molecule has 0 radical (unpaired) electrons. The lowest BCUT2D eigenvalue weighted by Gasteiger charge is -2.18. The lowest BCUT2D eigenvalue weighted by Crippen LogP contribution is -2.05. The number of ketones is 2. The second-order valence-electron chi connectivity index (χ2n) is 7.56. The normalized spacial score (nSPS) is 11.0. The second-order valence-corrected chi connectivity index (χ2v) is 9.19. The van der Waals surface area contributed by atoms with Crippen molar-refractivity contribution in [2.45, 2.75) is 0 Å². The van der Waals surface area contributed by atoms with Crippen LogP contribution < -0.4 is 9.05 Å². The monoisotopic (exact) mass is 504 g/mol. The van der Waals surface area contributed by atoms with Gasteiger partial charge in [0.2, 0.25) is 0 Å². The van der Waals surface area contributed by atoms with Gasteiger partial charge >= 0.3 is 7.82 Å². The Balaban J connectivity index is 1.51. The van der Waals surface area contributed by atoms with E-state index < -0.39 is 19.4 Å². The van der Waals surface area contributed by atoms with Crippen LogP contribution in [0.2, 0.25) is 0 Å². The maximum absolute atomic E-state index is 13.1. The van der Waals surface area contributed by atoms with Gasteiger partial charge in [-0.25, -0.2) is 4.57 Å². The summed E-state index contributed by atoms with van der Waals surface area (Å²) in [5.74, 6) is -1.72. The number of aromatic hydroxyl groups is 2. The predicted octanol–water partition coefficient (Wildman–Crippen LogP) is 5.77. The lowest BCUT2D eigenvalue weighted by atomic mass is 10.0. The summed E-state index contributed by atoms with van der Waals surface area (Å²) >= 11 is 0. The molecule has 36 heavy (non-hydrogen) atoms. The van der Waals surface area contributed by atoms with E-state index in [0.29, 0.717) is 11.1 Å². The van der Waals surface area contributed by atoms with Gasteiger partial charge in [-0.15, -0.1) is 0 Å². The summed E-state index contributed by atoms with van der Waals surface area (Å²) in [5, 5.41) is 20.7. The molecule has 0 aliphatic carbocycles. The SMILES string of the molecule is COP(=O)(Oc1ccc(C(=O)c2ccccc2)c(O)c1)Oc1ccc(C(=O)c2ccccc2)c(O)c1. The maximum atomic E-state index is 13.1. The fraction of sp³-hybridized carbons (Fsp3) is 0.0370. The van der Waals surface area contributed by atoms with E-state index in [1.807, 2.05) is 0 Å². The third-order valence-electron chi connectivity index (χ3n) is 5.16. The lowest BCUT2D eigenvalue weighted by molar-refractivity contribution is 0.102. The molecule has 4 rings (SSSR count). The number of hydrogen-bond acceptors (Lipinski definition) is 8. The van der Waals surface area contributed by atoms with Crippen molar-refractivity contribution >= 4 is 19.4 Å². The van der Waals surface area contributed by atoms with Gasteiger partial charge in [-0.05, 0) is 24.3 Å². The Morgan fingerprint density at radius 3 is 1.36 bits per heavy atom. The highest BCUT2D eigenvalue weighted by Crippen LogP contribution is 2.50. The number of benzene rings is 4. The van der Waals surface area contributed by atoms with Gasteiger partial charge in [0.05, 0.1) is 11.1 Å². The summed E-state index contributed by atoms with van der Waals surface area (Å²) in [7, 11) is -3.17. The Kier molecular flexibility index (Phi) is 7.20. The third kappa shape index (κ3) is 5.46. The Morgan fingerprint density at radius 1 is 0.639 bits per heavy atom. The van der Waals surface area contributed by atoms with Crippen LogP contribution in [0.25, 0.3) is 0 Å². The Hall–Kier alpha value is -4.39. The Labute approximate surface area is 206 Å². The highest BCUT2D eigenvalue weighted by molar-refractivity contribution is 7.49. The zero-order valence-corrected chi connectivity index (χ0v) is 19.9. The van der Waals surface area contributed by atoms with Crippen LogP contribution in [-0.2, 0) is 9.09 Å². The van der Waals surface area contributed by atoms with Crippen molar-refractivity contribution in [3.63, 3.8) is 0 Å². The van der Waals surface area contributed by atoms with Gasteiger partial charge in [-0.3, -0.25) is 14.1 Å². The molecule has 0 unspecified atom stereocenters. The van der Waals surface area contributed by atoms with Crippen LogP contribution in [0.1, 0.15) is 31.8 Å². The summed E-state index contributed by atoms with van der Waals surface area (Å²) in [6.45, 7) is 0. The molecule has 8 nitrogen and oxygen atoms in total. The minimum absolute atomic E-state index is 0.0327. The zero-order valence-electron chi connectivity index (χ0n) is 19.0. The molecular formula is C27H21O8P. The van der Waals surface area contributed by atoms with E-state index in [2.05, 4.69) is 0 Å². The molecule has 0 saturated heterocycles. The smallest absolute Gasteiger partial charge is 0.507 e. The van der Waals surface area contributed by atoms with Crippen LogP contribution in [0, 0.1) is 0 Å². The average Bonchev–Trinajstić information content (AvgIpc) is 2.89. The molecule has 0 saturated carbocycles. The number of carbonyl (C=O) groups is 2. The molecule has 0 heterocycles. The van der Waals surface area contributed by atoms with Crippen molar-refractivity contribution < 1.29 is 37.9 Å². The number of phenolic OH excluding ortho intramolecular Hbond substituents is 2. The van der Waals surface area contributed by atoms with E-state index >= 15 is 0 Å². The van der Waals surface area contributed by atoms with Crippen molar-refractivity contribution in [2.75, 3.05) is 7.11 Å². The van der Waals surface area contributed by atoms with Gasteiger partial charge in [0.25, 0.3) is 0 Å². The molecule has 0 aliphatic heterocycles. The summed E-state index contributed by atoms with van der Waals surface area (Å²) in [6, 6.07) is 24.4. The highest BCUT2D eigenvalue weighted by atomic mass is 31.2. The first-order valence-electron chi connectivity index (χ1n) is 10.7. The molecule has 182 valence electrons. The third-order valence-corrected chi connectivity index (χ3v) is 6.47. The van der Waals surface area contributed by atoms with E-state index in [4.69, 9.17) is 13.6 Å². The summed E-state index contributed by atoms with van der Waals surface area (Å²) in [6.07, 6.45) is 0. The molecule has 0 spiro atoms. The number of phenols is 2. The minimum Gasteiger partial charge on any atom is -0.507 e. The quantitative estimate of drug-likeness (QED) is 0.218. The molecule has 4 aromatic carbocycles. The van der Waals surface area contributed by atoms with Gasteiger partial charge in [0.15, 0.2) is 11.6 Å². The van der Waals surface area contributed by atoms with Crippen molar-refractivity contribution in [3.8, 4) is 23.0 Å². The van der Waals surface area contributed by atoms with Gasteiger partial charge in [0, 0.05) is 30.4 Å². The molecule has 2 N–H and O–H groups in total. The van der Waals surface area contributed by atoms with Gasteiger partial charge in [-0.1, -0.05) is 60.7 Å². The standard InChI is InChI=1S/C27H21O8P/c1-33-36(32,34-20-12-14-22(24(28)16-20)26(30)18-8-4-2-5-9-18)35-21-13-15-23(25(29)17-21)27(31)19-10-6-3-7-11-19/h2-17,28-29H,1H3. The number of rotatable bonds is 9. The summed E-state index contributed by atoms with van der Waals surface area (Å²) < 4.78 is 28.7. The van der Waals surface area contributed by atoms with E-state index in [1.165, 1.54) is 24.3 Å². The maximum Gasteiger partial charge on any atom is 0.587 e. The van der Waals surface area contributed by atoms with E-state index in [1.54, 1.807) is 60.7 Å². The molecular weight excluding hydrogens is 483 g/mol. The van der Waals surface area contributed by atoms with Crippen molar-refractivity contribution in [1.82, 2.24) is 0 Å². The minimum atomic E-state index is -4.27. The van der Waals surface area contributed by atoms with E-state index in [0.717, 1.165) is 19.2 Å². The first-order valence-corrected chi connectivity index (χ1v) is 12.2. The van der Waals surface area contributed by atoms with Crippen LogP contribution >= 0.6 is 7.82 Å². The molecule has 0 atom stereocenters. The first kappa shape index (κ1) is 24.7. The zero-order chi connectivity index (χ0) is 25.7. The molecule has 9 heteroatoms. The van der Waals surface area contributed by atoms with Crippen LogP contribution in [0.3, 0.4) is 0 Å². The van der Waals surface area contributed by atoms with Crippen LogP contribution in [0.4, 0.5) is 0 Å². The van der Waals surface area contributed by atoms with Gasteiger partial charge in [-0.2, -0.15) is 0 Å². The van der Waals surface area contributed by atoms with Crippen molar-refractivity contribution in [3.05, 3.63) is 119 Å². The first-order chi connectivity index (χ1) is 17.3. The summed E-state index contributed by atoms with van der Waals surface area (Å²) in [5.41, 5.74) is 0.846. The molecule has 0 aromatic heterocycles. The molecule has 4 aromatic rings. The van der Waals surface area contributed by atoms with Crippen molar-refractivity contribution in [1.29, 1.82) is 0 Å². The molecule has 0 fully saturated rings. The van der Waals surface area contributed by atoms with E-state index in [-0.39, 0.29) is 34.1 Å². The Morgan fingerprint density at radius 2 is 1.03 bits per heavy atom. The van der Waals surface area contributed by atoms with Crippen LogP contribution in [-0.4, -0.2) is 28.9 Å². The second kappa shape index (κ2) is 10.5. The van der Waals surface area contributed by atoms with Crippen LogP contribution in [0.15, 0.2) is 97.1 Å². The predicted molar refractivity (Wildman–Crippen MR) is 132 cm³/mol. The number of carbonyl (C=O) groups excluding carboxylic acids is 2. The fourth-order valence-electron chi connectivity index (χ4n) is 3.36. The number of phosphoric ester groups is 1. The summed E-state index contributed by atoms with van der Waals surface area (Å²) in [4.78, 5) is 25.2. The molecule has 0 bridgehead atoms. The fourth-order valence-corrected chi connectivity index (χ4v) is 4.29. The van der Waals surface area contributed by atoms with Gasteiger partial charge < -0.3 is 19.3 Å². The highest BCUT2D eigenvalue weighted by Gasteiger charge is 2.30. The van der Waals surface area contributed by atoms with Gasteiger partial charge in [0.1, 0.15) is 23.0 Å².